The molecule has 0 fully saturated rings. The number of para-hydroxylation sites is 1. The molecule has 0 saturated heterocycles. The Kier molecular flexibility index (Phi) is 3.98. The van der Waals surface area contributed by atoms with Gasteiger partial charge < -0.3 is 10.1 Å². The van der Waals surface area contributed by atoms with Crippen molar-refractivity contribution < 1.29 is 14.3 Å². The molecule has 1 heterocycles. The maximum Gasteiger partial charge on any atom is 0.221 e. The second kappa shape index (κ2) is 6.08. The standard InChI is InChI=1S/C19H17NO3/c1-12-7-3-4-8-14(12)19(22)16-11-23-17-10-6-5-9-15(17)18(16)20-13(2)21/h3-10H,11H2,1-2H3,(H,20,21). The molecule has 1 N–H and O–H groups in total. The van der Waals surface area contributed by atoms with E-state index < -0.39 is 0 Å². The predicted molar refractivity (Wildman–Crippen MR) is 88.2 cm³/mol. The summed E-state index contributed by atoms with van der Waals surface area (Å²) in [6.45, 7) is 3.46. The fourth-order valence-corrected chi connectivity index (χ4v) is 2.67. The third-order valence-corrected chi connectivity index (χ3v) is 3.79. The van der Waals surface area contributed by atoms with Gasteiger partial charge in [0, 0.05) is 18.1 Å². The Morgan fingerprint density at radius 3 is 2.48 bits per heavy atom. The van der Waals surface area contributed by atoms with E-state index in [1.165, 1.54) is 6.92 Å². The van der Waals surface area contributed by atoms with E-state index in [-0.39, 0.29) is 18.3 Å². The van der Waals surface area contributed by atoms with E-state index in [1.54, 1.807) is 6.07 Å². The maximum absolute atomic E-state index is 12.9. The number of hydrogen-bond donors (Lipinski definition) is 1. The summed E-state index contributed by atoms with van der Waals surface area (Å²) in [7, 11) is 0. The van der Waals surface area contributed by atoms with Gasteiger partial charge in [-0.2, -0.15) is 0 Å². The second-order valence-corrected chi connectivity index (χ2v) is 5.46. The van der Waals surface area contributed by atoms with E-state index in [0.717, 1.165) is 11.1 Å². The van der Waals surface area contributed by atoms with Gasteiger partial charge >= 0.3 is 0 Å². The summed E-state index contributed by atoms with van der Waals surface area (Å²) in [5.41, 5.74) is 3.24. The van der Waals surface area contributed by atoms with Crippen molar-refractivity contribution in [3.63, 3.8) is 0 Å². The van der Waals surface area contributed by atoms with Crippen molar-refractivity contribution in [1.82, 2.24) is 5.32 Å². The number of ether oxygens (including phenoxy) is 1. The van der Waals surface area contributed by atoms with Crippen LogP contribution in [0.3, 0.4) is 0 Å². The van der Waals surface area contributed by atoms with Crippen LogP contribution < -0.4 is 10.1 Å². The normalized spacial score (nSPS) is 13.1. The number of rotatable bonds is 3. The quantitative estimate of drug-likeness (QED) is 0.886. The van der Waals surface area contributed by atoms with Gasteiger partial charge in [0.2, 0.25) is 5.91 Å². The predicted octanol–water partition coefficient (Wildman–Crippen LogP) is 3.12. The number of fused-ring (bicyclic) bond motifs is 1. The number of Topliss-reactive ketones (excluding diaryl/α,β-unsaturated/α-hetero) is 1. The van der Waals surface area contributed by atoms with Crippen molar-refractivity contribution in [2.24, 2.45) is 0 Å². The molecule has 4 nitrogen and oxygen atoms in total. The number of benzene rings is 2. The molecular formula is C19H17NO3. The van der Waals surface area contributed by atoms with Crippen LogP contribution in [0.4, 0.5) is 0 Å². The highest BCUT2D eigenvalue weighted by Gasteiger charge is 2.26. The molecule has 0 radical (unpaired) electrons. The fourth-order valence-electron chi connectivity index (χ4n) is 2.67. The Labute approximate surface area is 134 Å². The number of aryl methyl sites for hydroxylation is 1. The molecule has 1 amide bonds. The van der Waals surface area contributed by atoms with E-state index in [1.807, 2.05) is 49.4 Å². The Morgan fingerprint density at radius 1 is 1.04 bits per heavy atom. The molecule has 1 aliphatic rings. The Morgan fingerprint density at radius 2 is 1.74 bits per heavy atom. The van der Waals surface area contributed by atoms with Crippen LogP contribution in [-0.4, -0.2) is 18.3 Å². The second-order valence-electron chi connectivity index (χ2n) is 5.46. The molecule has 0 saturated carbocycles. The number of carbonyl (C=O) groups excluding carboxylic acids is 2. The Hall–Kier alpha value is -2.88. The molecule has 0 unspecified atom stereocenters. The highest BCUT2D eigenvalue weighted by Crippen LogP contribution is 2.32. The van der Waals surface area contributed by atoms with Crippen LogP contribution in [0.5, 0.6) is 5.75 Å². The lowest BCUT2D eigenvalue weighted by Crippen LogP contribution is -2.28. The van der Waals surface area contributed by atoms with Crippen LogP contribution in [0.1, 0.15) is 28.4 Å². The topological polar surface area (TPSA) is 55.4 Å². The first kappa shape index (κ1) is 15.0. The van der Waals surface area contributed by atoms with E-state index in [0.29, 0.717) is 22.6 Å². The lowest BCUT2D eigenvalue weighted by molar-refractivity contribution is -0.117. The van der Waals surface area contributed by atoms with Gasteiger partial charge in [-0.1, -0.05) is 36.4 Å². The molecule has 0 bridgehead atoms. The average Bonchev–Trinajstić information content (AvgIpc) is 2.54. The molecule has 23 heavy (non-hydrogen) atoms. The van der Waals surface area contributed by atoms with E-state index >= 15 is 0 Å². The van der Waals surface area contributed by atoms with Gasteiger partial charge in [-0.25, -0.2) is 0 Å². The van der Waals surface area contributed by atoms with Gasteiger partial charge in [-0.15, -0.1) is 0 Å². The lowest BCUT2D eigenvalue weighted by atomic mass is 9.94. The zero-order chi connectivity index (χ0) is 16.4. The molecule has 0 aliphatic carbocycles. The third kappa shape index (κ3) is 2.88. The molecule has 0 atom stereocenters. The number of amides is 1. The summed E-state index contributed by atoms with van der Waals surface area (Å²) in [6, 6.07) is 14.8. The molecule has 0 spiro atoms. The Balaban J connectivity index is 2.14. The van der Waals surface area contributed by atoms with E-state index in [4.69, 9.17) is 4.74 Å². The first-order valence-electron chi connectivity index (χ1n) is 7.41. The Bertz CT molecular complexity index is 821. The molecule has 2 aromatic carbocycles. The van der Waals surface area contributed by atoms with Crippen molar-refractivity contribution in [2.45, 2.75) is 13.8 Å². The van der Waals surface area contributed by atoms with Crippen LogP contribution in [0.25, 0.3) is 5.70 Å². The van der Waals surface area contributed by atoms with Gasteiger partial charge in [0.1, 0.15) is 12.4 Å². The summed E-state index contributed by atoms with van der Waals surface area (Å²) in [5.74, 6) is 0.325. The molecule has 4 heteroatoms. The third-order valence-electron chi connectivity index (χ3n) is 3.79. The van der Waals surface area contributed by atoms with E-state index in [2.05, 4.69) is 5.32 Å². The minimum Gasteiger partial charge on any atom is -0.488 e. The van der Waals surface area contributed by atoms with Gasteiger partial charge in [0.15, 0.2) is 5.78 Å². The summed E-state index contributed by atoms with van der Waals surface area (Å²) in [4.78, 5) is 24.5. The van der Waals surface area contributed by atoms with Crippen LogP contribution in [-0.2, 0) is 4.79 Å². The summed E-state index contributed by atoms with van der Waals surface area (Å²) in [5, 5.41) is 2.80. The van der Waals surface area contributed by atoms with Crippen molar-refractivity contribution in [2.75, 3.05) is 6.61 Å². The monoisotopic (exact) mass is 307 g/mol. The van der Waals surface area contributed by atoms with E-state index in [9.17, 15) is 9.59 Å². The van der Waals surface area contributed by atoms with Gasteiger partial charge in [-0.05, 0) is 24.6 Å². The molecule has 2 aromatic rings. The first-order chi connectivity index (χ1) is 11.1. The molecular weight excluding hydrogens is 290 g/mol. The van der Waals surface area contributed by atoms with Crippen LogP contribution in [0, 0.1) is 6.92 Å². The highest BCUT2D eigenvalue weighted by atomic mass is 16.5. The summed E-state index contributed by atoms with van der Waals surface area (Å²) in [6.07, 6.45) is 0. The van der Waals surface area contributed by atoms with Crippen LogP contribution in [0.15, 0.2) is 54.1 Å². The van der Waals surface area contributed by atoms with Crippen molar-refractivity contribution in [1.29, 1.82) is 0 Å². The molecule has 0 aromatic heterocycles. The zero-order valence-electron chi connectivity index (χ0n) is 13.1. The minimum absolute atomic E-state index is 0.124. The average molecular weight is 307 g/mol. The van der Waals surface area contributed by atoms with Crippen molar-refractivity contribution in [3.8, 4) is 5.75 Å². The number of ketones is 1. The number of hydrogen-bond acceptors (Lipinski definition) is 3. The largest absolute Gasteiger partial charge is 0.488 e. The van der Waals surface area contributed by atoms with Crippen molar-refractivity contribution in [3.05, 3.63) is 70.8 Å². The van der Waals surface area contributed by atoms with Crippen LogP contribution in [0.2, 0.25) is 0 Å². The molecule has 116 valence electrons. The highest BCUT2D eigenvalue weighted by molar-refractivity contribution is 6.15. The summed E-state index contributed by atoms with van der Waals surface area (Å²) >= 11 is 0. The van der Waals surface area contributed by atoms with Gasteiger partial charge in [0.05, 0.1) is 11.3 Å². The minimum atomic E-state index is -0.216. The summed E-state index contributed by atoms with van der Waals surface area (Å²) < 4.78 is 5.70. The van der Waals surface area contributed by atoms with Gasteiger partial charge in [0.25, 0.3) is 0 Å². The zero-order valence-corrected chi connectivity index (χ0v) is 13.1. The van der Waals surface area contributed by atoms with Crippen LogP contribution >= 0.6 is 0 Å². The number of nitrogens with one attached hydrogen (secondary N) is 1. The fraction of sp³-hybridized carbons (Fsp3) is 0.158. The first-order valence-corrected chi connectivity index (χ1v) is 7.41. The molecule has 3 rings (SSSR count). The molecule has 1 aliphatic heterocycles. The smallest absolute Gasteiger partial charge is 0.221 e. The SMILES string of the molecule is CC(=O)NC1=C(C(=O)c2ccccc2C)COc2ccccc21. The number of carbonyl (C=O) groups is 2. The lowest BCUT2D eigenvalue weighted by Gasteiger charge is -2.24. The van der Waals surface area contributed by atoms with Gasteiger partial charge in [-0.3, -0.25) is 9.59 Å². The van der Waals surface area contributed by atoms with Crippen molar-refractivity contribution >= 4 is 17.4 Å². The maximum atomic E-state index is 12.9.